The first-order valence-electron chi connectivity index (χ1n) is 7.22. The van der Waals surface area contributed by atoms with Gasteiger partial charge in [-0.1, -0.05) is 36.9 Å². The topological polar surface area (TPSA) is 67.1 Å². The first-order valence-corrected chi connectivity index (χ1v) is 7.60. The predicted octanol–water partition coefficient (Wildman–Crippen LogP) is 3.37. The summed E-state index contributed by atoms with van der Waals surface area (Å²) in [6.07, 6.45) is 6.07. The van der Waals surface area contributed by atoms with Crippen molar-refractivity contribution >= 4 is 23.3 Å². The summed E-state index contributed by atoms with van der Waals surface area (Å²) in [5, 5.41) is 6.39. The molecular formula is C15H22ClN3O. The number of benzene rings is 1. The standard InChI is InChI=1S/C15H22ClN3O/c16-12-7-4-8-13(9-12)18-15(20)19-14(10-17)11-5-2-1-3-6-11/h4,7-9,11,14H,1-3,5-6,10,17H2,(H2,18,19,20). The molecule has 0 heterocycles. The molecule has 1 unspecified atom stereocenters. The van der Waals surface area contributed by atoms with E-state index in [1.165, 1.54) is 19.3 Å². The summed E-state index contributed by atoms with van der Waals surface area (Å²) in [6, 6.07) is 6.94. The Morgan fingerprint density at radius 2 is 2.10 bits per heavy atom. The minimum atomic E-state index is -0.215. The van der Waals surface area contributed by atoms with Crippen LogP contribution in [0.15, 0.2) is 24.3 Å². The van der Waals surface area contributed by atoms with E-state index >= 15 is 0 Å². The summed E-state index contributed by atoms with van der Waals surface area (Å²) in [4.78, 5) is 12.0. The number of hydrogen-bond donors (Lipinski definition) is 3. The van der Waals surface area contributed by atoms with Crippen LogP contribution in [0.25, 0.3) is 0 Å². The maximum absolute atomic E-state index is 12.0. The van der Waals surface area contributed by atoms with Crippen LogP contribution in [0.1, 0.15) is 32.1 Å². The maximum atomic E-state index is 12.0. The Labute approximate surface area is 125 Å². The van der Waals surface area contributed by atoms with Crippen LogP contribution in [0.2, 0.25) is 5.02 Å². The number of rotatable bonds is 4. The second kappa shape index (κ2) is 7.50. The molecule has 4 N–H and O–H groups in total. The van der Waals surface area contributed by atoms with Gasteiger partial charge in [0.2, 0.25) is 0 Å². The van der Waals surface area contributed by atoms with Crippen molar-refractivity contribution in [2.24, 2.45) is 11.7 Å². The molecule has 2 amide bonds. The first kappa shape index (κ1) is 15.1. The van der Waals surface area contributed by atoms with Gasteiger partial charge >= 0.3 is 6.03 Å². The van der Waals surface area contributed by atoms with Crippen molar-refractivity contribution in [1.82, 2.24) is 5.32 Å². The lowest BCUT2D eigenvalue weighted by Crippen LogP contribution is -2.47. The van der Waals surface area contributed by atoms with E-state index in [2.05, 4.69) is 10.6 Å². The van der Waals surface area contributed by atoms with Crippen LogP contribution >= 0.6 is 11.6 Å². The third kappa shape index (κ3) is 4.39. The molecule has 1 saturated carbocycles. The normalized spacial score (nSPS) is 17.5. The maximum Gasteiger partial charge on any atom is 0.319 e. The molecule has 0 saturated heterocycles. The Morgan fingerprint density at radius 1 is 1.35 bits per heavy atom. The van der Waals surface area contributed by atoms with Crippen LogP contribution in [-0.4, -0.2) is 18.6 Å². The zero-order valence-electron chi connectivity index (χ0n) is 11.6. The number of carbonyl (C=O) groups is 1. The number of halogens is 1. The fourth-order valence-corrected chi connectivity index (χ4v) is 3.00. The van der Waals surface area contributed by atoms with Crippen molar-refractivity contribution in [1.29, 1.82) is 0 Å². The molecule has 110 valence electrons. The summed E-state index contributed by atoms with van der Waals surface area (Å²) < 4.78 is 0. The molecule has 0 aliphatic heterocycles. The highest BCUT2D eigenvalue weighted by Gasteiger charge is 2.23. The fraction of sp³-hybridized carbons (Fsp3) is 0.533. The van der Waals surface area contributed by atoms with Crippen molar-refractivity contribution < 1.29 is 4.79 Å². The van der Waals surface area contributed by atoms with Gasteiger partial charge in [-0.25, -0.2) is 4.79 Å². The molecule has 1 aromatic carbocycles. The highest BCUT2D eigenvalue weighted by molar-refractivity contribution is 6.30. The smallest absolute Gasteiger partial charge is 0.319 e. The van der Waals surface area contributed by atoms with Crippen molar-refractivity contribution in [3.05, 3.63) is 29.3 Å². The summed E-state index contributed by atoms with van der Waals surface area (Å²) in [5.41, 5.74) is 6.50. The molecule has 0 spiro atoms. The molecule has 4 nitrogen and oxygen atoms in total. The van der Waals surface area contributed by atoms with Crippen LogP contribution in [-0.2, 0) is 0 Å². The molecule has 1 aromatic rings. The van der Waals surface area contributed by atoms with Gasteiger partial charge < -0.3 is 16.4 Å². The SMILES string of the molecule is NCC(NC(=O)Nc1cccc(Cl)c1)C1CCCCC1. The molecular weight excluding hydrogens is 274 g/mol. The number of hydrogen-bond acceptors (Lipinski definition) is 2. The van der Waals surface area contributed by atoms with E-state index < -0.39 is 0 Å². The number of anilines is 1. The first-order chi connectivity index (χ1) is 9.69. The number of nitrogens with two attached hydrogens (primary N) is 1. The van der Waals surface area contributed by atoms with E-state index in [1.807, 2.05) is 6.07 Å². The molecule has 0 radical (unpaired) electrons. The van der Waals surface area contributed by atoms with Crippen molar-refractivity contribution in [2.45, 2.75) is 38.1 Å². The lowest BCUT2D eigenvalue weighted by molar-refractivity contribution is 0.233. The lowest BCUT2D eigenvalue weighted by Gasteiger charge is -2.30. The monoisotopic (exact) mass is 295 g/mol. The van der Waals surface area contributed by atoms with E-state index in [9.17, 15) is 4.79 Å². The number of carbonyl (C=O) groups excluding carboxylic acids is 1. The minimum Gasteiger partial charge on any atom is -0.334 e. The number of amides is 2. The Kier molecular flexibility index (Phi) is 5.68. The van der Waals surface area contributed by atoms with E-state index in [4.69, 9.17) is 17.3 Å². The molecule has 0 bridgehead atoms. The Morgan fingerprint density at radius 3 is 2.75 bits per heavy atom. The second-order valence-electron chi connectivity index (χ2n) is 5.35. The predicted molar refractivity (Wildman–Crippen MR) is 83.0 cm³/mol. The molecule has 5 heteroatoms. The van der Waals surface area contributed by atoms with Crippen LogP contribution in [0.3, 0.4) is 0 Å². The molecule has 20 heavy (non-hydrogen) atoms. The van der Waals surface area contributed by atoms with E-state index in [-0.39, 0.29) is 12.1 Å². The summed E-state index contributed by atoms with van der Waals surface area (Å²) >= 11 is 5.89. The van der Waals surface area contributed by atoms with Gasteiger partial charge in [0.05, 0.1) is 0 Å². The van der Waals surface area contributed by atoms with Crippen LogP contribution in [0.4, 0.5) is 10.5 Å². The van der Waals surface area contributed by atoms with Gasteiger partial charge in [0, 0.05) is 23.3 Å². The van der Waals surface area contributed by atoms with Crippen LogP contribution < -0.4 is 16.4 Å². The van der Waals surface area contributed by atoms with Gasteiger partial charge in [0.15, 0.2) is 0 Å². The van der Waals surface area contributed by atoms with E-state index in [0.717, 1.165) is 12.8 Å². The Balaban J connectivity index is 1.88. The number of urea groups is 1. The Hall–Kier alpha value is -1.26. The van der Waals surface area contributed by atoms with E-state index in [1.54, 1.807) is 18.2 Å². The van der Waals surface area contributed by atoms with Gasteiger partial charge in [-0.3, -0.25) is 0 Å². The van der Waals surface area contributed by atoms with Gasteiger partial charge in [0.25, 0.3) is 0 Å². The second-order valence-corrected chi connectivity index (χ2v) is 5.79. The molecule has 1 aliphatic carbocycles. The Bertz CT molecular complexity index is 446. The van der Waals surface area contributed by atoms with Crippen molar-refractivity contribution in [2.75, 3.05) is 11.9 Å². The quantitative estimate of drug-likeness (QED) is 0.797. The molecule has 1 atom stereocenters. The lowest BCUT2D eigenvalue weighted by atomic mass is 9.84. The number of nitrogens with one attached hydrogen (secondary N) is 2. The van der Waals surface area contributed by atoms with Crippen LogP contribution in [0.5, 0.6) is 0 Å². The zero-order valence-corrected chi connectivity index (χ0v) is 12.3. The van der Waals surface area contributed by atoms with Crippen molar-refractivity contribution in [3.63, 3.8) is 0 Å². The largest absolute Gasteiger partial charge is 0.334 e. The summed E-state index contributed by atoms with van der Waals surface area (Å²) in [6.45, 7) is 0.480. The highest BCUT2D eigenvalue weighted by atomic mass is 35.5. The van der Waals surface area contributed by atoms with Gasteiger partial charge in [-0.15, -0.1) is 0 Å². The average Bonchev–Trinajstić information content (AvgIpc) is 2.45. The molecule has 1 aliphatic rings. The fourth-order valence-electron chi connectivity index (χ4n) is 2.81. The van der Waals surface area contributed by atoms with E-state index in [0.29, 0.717) is 23.2 Å². The third-order valence-electron chi connectivity index (χ3n) is 3.87. The molecule has 1 fully saturated rings. The third-order valence-corrected chi connectivity index (χ3v) is 4.11. The average molecular weight is 296 g/mol. The van der Waals surface area contributed by atoms with Gasteiger partial charge in [-0.2, -0.15) is 0 Å². The van der Waals surface area contributed by atoms with Crippen molar-refractivity contribution in [3.8, 4) is 0 Å². The highest BCUT2D eigenvalue weighted by Crippen LogP contribution is 2.26. The van der Waals surface area contributed by atoms with Gasteiger partial charge in [-0.05, 0) is 37.0 Å². The molecule has 2 rings (SSSR count). The summed E-state index contributed by atoms with van der Waals surface area (Å²) in [7, 11) is 0. The van der Waals surface area contributed by atoms with Crippen LogP contribution in [0, 0.1) is 5.92 Å². The minimum absolute atomic E-state index is 0.0504. The summed E-state index contributed by atoms with van der Waals surface area (Å²) in [5.74, 6) is 0.499. The van der Waals surface area contributed by atoms with Gasteiger partial charge in [0.1, 0.15) is 0 Å². The molecule has 0 aromatic heterocycles. The zero-order chi connectivity index (χ0) is 14.4.